The highest BCUT2D eigenvalue weighted by Gasteiger charge is 2.43. The number of aromatic amines is 1. The lowest BCUT2D eigenvalue weighted by molar-refractivity contribution is -0.135. The maximum absolute atomic E-state index is 14.0. The Morgan fingerprint density at radius 3 is 2.31 bits per heavy atom. The van der Waals surface area contributed by atoms with Crippen LogP contribution in [0.1, 0.15) is 60.9 Å². The molecule has 0 aliphatic carbocycles. The number of ether oxygens (including phenoxy) is 3. The van der Waals surface area contributed by atoms with Crippen LogP contribution >= 0.6 is 0 Å². The SMILES string of the molecule is CCOc1cc(C(=O)N[C@@H](Cc2ccccc2)C(=O)N2CCC3(CC2)NCCc2[nH]cnc23)cc(OCC)c1OCC. The first kappa shape index (κ1) is 29.4. The number of carbonyl (C=O) groups excluding carboxylic acids is 2. The fourth-order valence-corrected chi connectivity index (χ4v) is 5.99. The molecule has 3 heterocycles. The van der Waals surface area contributed by atoms with Crippen LogP contribution in [0.3, 0.4) is 0 Å². The van der Waals surface area contributed by atoms with E-state index in [-0.39, 0.29) is 17.4 Å². The van der Waals surface area contributed by atoms with Gasteiger partial charge in [0.25, 0.3) is 5.91 Å². The Morgan fingerprint density at radius 1 is 1.00 bits per heavy atom. The van der Waals surface area contributed by atoms with Crippen molar-refractivity contribution >= 4 is 11.8 Å². The summed E-state index contributed by atoms with van der Waals surface area (Å²) in [7, 11) is 0. The minimum Gasteiger partial charge on any atom is -0.490 e. The van der Waals surface area contributed by atoms with E-state index in [9.17, 15) is 9.59 Å². The van der Waals surface area contributed by atoms with Crippen molar-refractivity contribution in [3.8, 4) is 17.2 Å². The summed E-state index contributed by atoms with van der Waals surface area (Å²) >= 11 is 0. The van der Waals surface area contributed by atoms with Gasteiger partial charge in [0, 0.05) is 43.7 Å². The highest BCUT2D eigenvalue weighted by molar-refractivity contribution is 5.98. The monoisotopic (exact) mass is 575 g/mol. The number of aromatic nitrogens is 2. The first-order chi connectivity index (χ1) is 20.5. The molecule has 42 heavy (non-hydrogen) atoms. The molecular formula is C32H41N5O5. The molecule has 3 aromatic rings. The molecule has 1 spiro atoms. The van der Waals surface area contributed by atoms with Crippen molar-refractivity contribution in [2.75, 3.05) is 39.5 Å². The number of likely N-dealkylation sites (tertiary alicyclic amines) is 1. The van der Waals surface area contributed by atoms with E-state index in [0.717, 1.165) is 37.1 Å². The molecule has 3 N–H and O–H groups in total. The number of hydrogen-bond donors (Lipinski definition) is 3. The van der Waals surface area contributed by atoms with Crippen molar-refractivity contribution < 1.29 is 23.8 Å². The van der Waals surface area contributed by atoms with Gasteiger partial charge >= 0.3 is 0 Å². The van der Waals surface area contributed by atoms with E-state index < -0.39 is 6.04 Å². The smallest absolute Gasteiger partial charge is 0.252 e. The molecule has 2 aliphatic heterocycles. The molecule has 224 valence electrons. The van der Waals surface area contributed by atoms with Gasteiger partial charge in [-0.15, -0.1) is 0 Å². The Bertz CT molecular complexity index is 1340. The number of carbonyl (C=O) groups is 2. The topological polar surface area (TPSA) is 118 Å². The fourth-order valence-electron chi connectivity index (χ4n) is 5.99. The second kappa shape index (κ2) is 13.3. The predicted molar refractivity (Wildman–Crippen MR) is 159 cm³/mol. The second-order valence-corrected chi connectivity index (χ2v) is 10.6. The Hall–Kier alpha value is -4.05. The molecule has 10 heteroatoms. The number of benzene rings is 2. The number of piperidine rings is 1. The zero-order valence-corrected chi connectivity index (χ0v) is 24.7. The van der Waals surface area contributed by atoms with Crippen LogP contribution in [0.4, 0.5) is 0 Å². The summed E-state index contributed by atoms with van der Waals surface area (Å²) in [6.45, 7) is 8.88. The largest absolute Gasteiger partial charge is 0.490 e. The fraction of sp³-hybridized carbons (Fsp3) is 0.469. The Morgan fingerprint density at radius 2 is 1.67 bits per heavy atom. The van der Waals surface area contributed by atoms with Crippen molar-refractivity contribution in [2.24, 2.45) is 0 Å². The highest BCUT2D eigenvalue weighted by atomic mass is 16.5. The number of fused-ring (bicyclic) bond motifs is 2. The Balaban J connectivity index is 1.37. The molecule has 0 saturated carbocycles. The van der Waals surface area contributed by atoms with Crippen LogP contribution in [0.15, 0.2) is 48.8 Å². The molecule has 2 aliphatic rings. The van der Waals surface area contributed by atoms with Crippen LogP contribution in [-0.2, 0) is 23.2 Å². The molecule has 5 rings (SSSR count). The minimum absolute atomic E-state index is 0.0962. The van der Waals surface area contributed by atoms with Gasteiger partial charge in [0.05, 0.1) is 37.4 Å². The maximum Gasteiger partial charge on any atom is 0.252 e. The van der Waals surface area contributed by atoms with Crippen molar-refractivity contribution in [2.45, 2.75) is 58.0 Å². The van der Waals surface area contributed by atoms with Crippen LogP contribution in [-0.4, -0.2) is 72.2 Å². The first-order valence-electron chi connectivity index (χ1n) is 15.0. The van der Waals surface area contributed by atoms with Gasteiger partial charge in [-0.2, -0.15) is 0 Å². The Kier molecular flexibility index (Phi) is 9.31. The third-order valence-electron chi connectivity index (χ3n) is 8.00. The molecule has 0 unspecified atom stereocenters. The van der Waals surface area contributed by atoms with Crippen molar-refractivity contribution in [1.29, 1.82) is 0 Å². The summed E-state index contributed by atoms with van der Waals surface area (Å²) in [5, 5.41) is 6.72. The van der Waals surface area contributed by atoms with Crippen LogP contribution in [0, 0.1) is 0 Å². The van der Waals surface area contributed by atoms with Crippen LogP contribution in [0.2, 0.25) is 0 Å². The van der Waals surface area contributed by atoms with Gasteiger partial charge in [-0.25, -0.2) is 4.98 Å². The van der Waals surface area contributed by atoms with Gasteiger partial charge in [-0.1, -0.05) is 30.3 Å². The lowest BCUT2D eigenvalue weighted by Crippen LogP contribution is -2.58. The first-order valence-corrected chi connectivity index (χ1v) is 15.0. The summed E-state index contributed by atoms with van der Waals surface area (Å²) in [5.41, 5.74) is 3.33. The molecular weight excluding hydrogens is 534 g/mol. The summed E-state index contributed by atoms with van der Waals surface area (Å²) in [4.78, 5) is 37.5. The third-order valence-corrected chi connectivity index (χ3v) is 8.00. The number of nitrogens with one attached hydrogen (secondary N) is 3. The van der Waals surface area contributed by atoms with Gasteiger partial charge in [-0.3, -0.25) is 9.59 Å². The molecule has 2 amide bonds. The molecule has 1 atom stereocenters. The summed E-state index contributed by atoms with van der Waals surface area (Å²) in [6.07, 6.45) is 4.58. The van der Waals surface area contributed by atoms with E-state index in [0.29, 0.717) is 62.1 Å². The molecule has 2 aromatic carbocycles. The van der Waals surface area contributed by atoms with Crippen molar-refractivity contribution in [3.05, 3.63) is 71.3 Å². The summed E-state index contributed by atoms with van der Waals surface area (Å²) in [6, 6.07) is 12.3. The van der Waals surface area contributed by atoms with Gasteiger partial charge in [0.15, 0.2) is 11.5 Å². The molecule has 0 bridgehead atoms. The van der Waals surface area contributed by atoms with Crippen LogP contribution in [0.5, 0.6) is 17.2 Å². The zero-order valence-electron chi connectivity index (χ0n) is 24.7. The molecule has 10 nitrogen and oxygen atoms in total. The van der Waals surface area contributed by atoms with Gasteiger partial charge < -0.3 is 34.7 Å². The maximum atomic E-state index is 14.0. The third kappa shape index (κ3) is 6.23. The predicted octanol–water partition coefficient (Wildman–Crippen LogP) is 3.61. The van der Waals surface area contributed by atoms with E-state index in [2.05, 4.69) is 20.6 Å². The molecule has 1 fully saturated rings. The normalized spacial score (nSPS) is 16.4. The molecule has 1 saturated heterocycles. The van der Waals surface area contributed by atoms with E-state index in [1.165, 1.54) is 5.69 Å². The number of H-pyrrole nitrogens is 1. The van der Waals surface area contributed by atoms with E-state index in [1.807, 2.05) is 56.0 Å². The highest BCUT2D eigenvalue weighted by Crippen LogP contribution is 2.39. The van der Waals surface area contributed by atoms with E-state index >= 15 is 0 Å². The van der Waals surface area contributed by atoms with E-state index in [4.69, 9.17) is 14.2 Å². The van der Waals surface area contributed by atoms with E-state index in [1.54, 1.807) is 18.5 Å². The quantitative estimate of drug-likeness (QED) is 0.320. The lowest BCUT2D eigenvalue weighted by atomic mass is 9.80. The lowest BCUT2D eigenvalue weighted by Gasteiger charge is -2.44. The minimum atomic E-state index is -0.744. The molecule has 1 aromatic heterocycles. The molecule has 0 radical (unpaired) electrons. The number of imidazole rings is 1. The summed E-state index contributed by atoms with van der Waals surface area (Å²) < 4.78 is 17.4. The average molecular weight is 576 g/mol. The van der Waals surface area contributed by atoms with Crippen LogP contribution in [0.25, 0.3) is 0 Å². The van der Waals surface area contributed by atoms with Gasteiger partial charge in [0.2, 0.25) is 11.7 Å². The number of amides is 2. The van der Waals surface area contributed by atoms with Gasteiger partial charge in [0.1, 0.15) is 6.04 Å². The second-order valence-electron chi connectivity index (χ2n) is 10.6. The zero-order chi connectivity index (χ0) is 29.5. The Labute approximate surface area is 247 Å². The average Bonchev–Trinajstić information content (AvgIpc) is 3.50. The van der Waals surface area contributed by atoms with Gasteiger partial charge in [-0.05, 0) is 51.3 Å². The van der Waals surface area contributed by atoms with Crippen molar-refractivity contribution in [3.63, 3.8) is 0 Å². The van der Waals surface area contributed by atoms with Crippen molar-refractivity contribution in [1.82, 2.24) is 25.5 Å². The number of rotatable bonds is 11. The standard InChI is InChI=1S/C32H41N5O5/c1-4-40-26-19-23(20-27(41-5-2)28(26)42-6-3)30(38)36-25(18-22-10-8-7-9-11-22)31(39)37-16-13-32(14-17-37)29-24(12-15-35-32)33-21-34-29/h7-11,19-21,25,35H,4-6,12-18H2,1-3H3,(H,33,34)(H,36,38)/t25-/m0/s1. The number of hydrogen-bond acceptors (Lipinski definition) is 7. The van der Waals surface area contributed by atoms with Crippen LogP contribution < -0.4 is 24.8 Å². The number of nitrogens with zero attached hydrogens (tertiary/aromatic N) is 2. The summed E-state index contributed by atoms with van der Waals surface area (Å²) in [5.74, 6) is 0.855.